The molecule has 2 unspecified atom stereocenters. The van der Waals surface area contributed by atoms with E-state index < -0.39 is 0 Å². The van der Waals surface area contributed by atoms with Crippen LogP contribution in [-0.2, 0) is 4.74 Å². The maximum atomic E-state index is 12.0. The van der Waals surface area contributed by atoms with E-state index in [1.165, 1.54) is 12.1 Å². The quantitative estimate of drug-likeness (QED) is 0.557. The summed E-state index contributed by atoms with van der Waals surface area (Å²) < 4.78 is 5.26. The lowest BCUT2D eigenvalue weighted by Gasteiger charge is -2.13. The Hall–Kier alpha value is -1.75. The second-order valence-corrected chi connectivity index (χ2v) is 4.61. The van der Waals surface area contributed by atoms with Gasteiger partial charge in [0.2, 0.25) is 0 Å². The maximum absolute atomic E-state index is 12.0. The molecule has 0 saturated heterocycles. The van der Waals surface area contributed by atoms with Crippen molar-refractivity contribution in [2.45, 2.75) is 31.4 Å². The fourth-order valence-electron chi connectivity index (χ4n) is 2.24. The number of hydrogen-bond acceptors (Lipinski definition) is 4. The molecule has 1 aromatic carbocycles. The van der Waals surface area contributed by atoms with Crippen LogP contribution in [0.3, 0.4) is 0 Å². The van der Waals surface area contributed by atoms with Crippen LogP contribution in [-0.4, -0.2) is 30.3 Å². The molecule has 1 aromatic rings. The molecule has 5 heteroatoms. The zero-order valence-electron chi connectivity index (χ0n) is 10.3. The Labute approximate surface area is 106 Å². The van der Waals surface area contributed by atoms with Gasteiger partial charge in [0.15, 0.2) is 0 Å². The Morgan fingerprint density at radius 1 is 1.50 bits per heavy atom. The summed E-state index contributed by atoms with van der Waals surface area (Å²) in [7, 11) is 1.69. The van der Waals surface area contributed by atoms with Gasteiger partial charge in [0.25, 0.3) is 5.91 Å². The summed E-state index contributed by atoms with van der Waals surface area (Å²) in [6.07, 6.45) is 2.96. The van der Waals surface area contributed by atoms with Gasteiger partial charge in [-0.05, 0) is 37.5 Å². The number of phenols is 1. The predicted molar refractivity (Wildman–Crippen MR) is 68.4 cm³/mol. The van der Waals surface area contributed by atoms with Crippen LogP contribution in [0.25, 0.3) is 0 Å². The van der Waals surface area contributed by atoms with Crippen molar-refractivity contribution in [2.75, 3.05) is 12.8 Å². The van der Waals surface area contributed by atoms with Crippen molar-refractivity contribution in [2.24, 2.45) is 0 Å². The van der Waals surface area contributed by atoms with Gasteiger partial charge in [-0.1, -0.05) is 0 Å². The molecule has 18 heavy (non-hydrogen) atoms. The summed E-state index contributed by atoms with van der Waals surface area (Å²) >= 11 is 0. The number of carbonyl (C=O) groups is 1. The molecular weight excluding hydrogens is 232 g/mol. The Bertz CT molecular complexity index is 448. The van der Waals surface area contributed by atoms with E-state index in [9.17, 15) is 9.90 Å². The SMILES string of the molecule is COC1CCC(NC(=O)c2ccc(N)c(O)c2)C1. The van der Waals surface area contributed by atoms with Crippen molar-refractivity contribution < 1.29 is 14.6 Å². The summed E-state index contributed by atoms with van der Waals surface area (Å²) in [5.74, 6) is -0.254. The molecule has 0 bridgehead atoms. The molecule has 0 heterocycles. The van der Waals surface area contributed by atoms with Crippen molar-refractivity contribution >= 4 is 11.6 Å². The molecule has 1 aliphatic carbocycles. The van der Waals surface area contributed by atoms with E-state index in [4.69, 9.17) is 10.5 Å². The van der Waals surface area contributed by atoms with Gasteiger partial charge in [0.1, 0.15) is 5.75 Å². The van der Waals surface area contributed by atoms with Gasteiger partial charge in [0, 0.05) is 18.7 Å². The van der Waals surface area contributed by atoms with Gasteiger partial charge in [-0.3, -0.25) is 4.79 Å². The molecule has 2 rings (SSSR count). The Kier molecular flexibility index (Phi) is 3.72. The van der Waals surface area contributed by atoms with Crippen molar-refractivity contribution in [3.8, 4) is 5.75 Å². The lowest BCUT2D eigenvalue weighted by Crippen LogP contribution is -2.33. The minimum atomic E-state index is -0.188. The summed E-state index contributed by atoms with van der Waals surface area (Å²) in [4.78, 5) is 12.0. The highest BCUT2D eigenvalue weighted by Gasteiger charge is 2.25. The predicted octanol–water partition coefficient (Wildman–Crippen LogP) is 1.27. The topological polar surface area (TPSA) is 84.6 Å². The van der Waals surface area contributed by atoms with Gasteiger partial charge >= 0.3 is 0 Å². The van der Waals surface area contributed by atoms with Crippen molar-refractivity contribution in [3.05, 3.63) is 23.8 Å². The number of rotatable bonds is 3. The van der Waals surface area contributed by atoms with Crippen molar-refractivity contribution in [1.82, 2.24) is 5.32 Å². The number of anilines is 1. The number of methoxy groups -OCH3 is 1. The number of carbonyl (C=O) groups excluding carboxylic acids is 1. The molecule has 0 spiro atoms. The second kappa shape index (κ2) is 5.27. The van der Waals surface area contributed by atoms with Gasteiger partial charge in [-0.2, -0.15) is 0 Å². The number of hydrogen-bond donors (Lipinski definition) is 3. The molecule has 1 saturated carbocycles. The lowest BCUT2D eigenvalue weighted by atomic mass is 10.1. The molecular formula is C13H18N2O3. The highest BCUT2D eigenvalue weighted by Crippen LogP contribution is 2.23. The van der Waals surface area contributed by atoms with Crippen LogP contribution in [0, 0.1) is 0 Å². The molecule has 0 aliphatic heterocycles. The standard InChI is InChI=1S/C13H18N2O3/c1-18-10-4-3-9(7-10)15-13(17)8-2-5-11(14)12(16)6-8/h2,5-6,9-10,16H,3-4,7,14H2,1H3,(H,15,17). The molecule has 0 radical (unpaired) electrons. The highest BCUT2D eigenvalue weighted by molar-refractivity contribution is 5.95. The number of amides is 1. The first-order valence-electron chi connectivity index (χ1n) is 6.02. The summed E-state index contributed by atoms with van der Waals surface area (Å²) in [6, 6.07) is 4.65. The zero-order chi connectivity index (χ0) is 13.1. The van der Waals surface area contributed by atoms with Crippen LogP contribution in [0.15, 0.2) is 18.2 Å². The van der Waals surface area contributed by atoms with Crippen LogP contribution in [0.2, 0.25) is 0 Å². The highest BCUT2D eigenvalue weighted by atomic mass is 16.5. The number of aromatic hydroxyl groups is 1. The third-order valence-electron chi connectivity index (χ3n) is 3.35. The van der Waals surface area contributed by atoms with Gasteiger partial charge < -0.3 is 20.9 Å². The number of nitrogens with one attached hydrogen (secondary N) is 1. The van der Waals surface area contributed by atoms with E-state index in [1.807, 2.05) is 0 Å². The summed E-state index contributed by atoms with van der Waals surface area (Å²) in [6.45, 7) is 0. The normalized spacial score (nSPS) is 22.9. The molecule has 1 amide bonds. The molecule has 98 valence electrons. The van der Waals surface area contributed by atoms with Gasteiger partial charge in [-0.15, -0.1) is 0 Å². The number of phenolic OH excluding ortho intramolecular Hbond substituents is 1. The number of nitrogens with two attached hydrogens (primary N) is 1. The van der Waals surface area contributed by atoms with E-state index in [-0.39, 0.29) is 29.5 Å². The Balaban J connectivity index is 1.97. The van der Waals surface area contributed by atoms with Gasteiger partial charge in [-0.25, -0.2) is 0 Å². The second-order valence-electron chi connectivity index (χ2n) is 4.61. The van der Waals surface area contributed by atoms with Crippen LogP contribution in [0.4, 0.5) is 5.69 Å². The van der Waals surface area contributed by atoms with E-state index in [1.54, 1.807) is 13.2 Å². The van der Waals surface area contributed by atoms with E-state index in [0.717, 1.165) is 19.3 Å². The fourth-order valence-corrected chi connectivity index (χ4v) is 2.24. The number of benzene rings is 1. The molecule has 1 fully saturated rings. The van der Waals surface area contributed by atoms with Crippen LogP contribution in [0.5, 0.6) is 5.75 Å². The molecule has 2 atom stereocenters. The molecule has 0 aromatic heterocycles. The third-order valence-corrected chi connectivity index (χ3v) is 3.35. The van der Waals surface area contributed by atoms with E-state index >= 15 is 0 Å². The zero-order valence-corrected chi connectivity index (χ0v) is 10.3. The molecule has 1 aliphatic rings. The van der Waals surface area contributed by atoms with Crippen molar-refractivity contribution in [3.63, 3.8) is 0 Å². The summed E-state index contributed by atoms with van der Waals surface area (Å²) in [5, 5.41) is 12.4. The molecule has 4 N–H and O–H groups in total. The molecule has 5 nitrogen and oxygen atoms in total. The average Bonchev–Trinajstić information content (AvgIpc) is 2.80. The minimum Gasteiger partial charge on any atom is -0.506 e. The maximum Gasteiger partial charge on any atom is 0.251 e. The lowest BCUT2D eigenvalue weighted by molar-refractivity contribution is 0.0914. The smallest absolute Gasteiger partial charge is 0.251 e. The fraction of sp³-hybridized carbons (Fsp3) is 0.462. The number of ether oxygens (including phenoxy) is 1. The van der Waals surface area contributed by atoms with Crippen molar-refractivity contribution in [1.29, 1.82) is 0 Å². The number of nitrogen functional groups attached to an aromatic ring is 1. The Morgan fingerprint density at radius 3 is 2.89 bits per heavy atom. The first-order valence-corrected chi connectivity index (χ1v) is 6.02. The van der Waals surface area contributed by atoms with Crippen LogP contribution >= 0.6 is 0 Å². The monoisotopic (exact) mass is 250 g/mol. The average molecular weight is 250 g/mol. The third kappa shape index (κ3) is 2.73. The van der Waals surface area contributed by atoms with E-state index in [2.05, 4.69) is 5.32 Å². The first-order chi connectivity index (χ1) is 8.60. The van der Waals surface area contributed by atoms with E-state index in [0.29, 0.717) is 5.56 Å². The first kappa shape index (κ1) is 12.7. The van der Waals surface area contributed by atoms with Crippen LogP contribution < -0.4 is 11.1 Å². The minimum absolute atomic E-state index is 0.0659. The van der Waals surface area contributed by atoms with Gasteiger partial charge in [0.05, 0.1) is 11.8 Å². The largest absolute Gasteiger partial charge is 0.506 e. The van der Waals surface area contributed by atoms with Crippen LogP contribution in [0.1, 0.15) is 29.6 Å². The Morgan fingerprint density at radius 2 is 2.28 bits per heavy atom. The summed E-state index contributed by atoms with van der Waals surface area (Å²) in [5.41, 5.74) is 6.18.